The molecule has 0 unspecified atom stereocenters. The summed E-state index contributed by atoms with van der Waals surface area (Å²) < 4.78 is 5.74. The number of ether oxygens (including phenoxy) is 1. The highest BCUT2D eigenvalue weighted by Gasteiger charge is 2.45. The van der Waals surface area contributed by atoms with Crippen LogP contribution in [0, 0.1) is 11.3 Å². The van der Waals surface area contributed by atoms with Crippen LogP contribution in [0.2, 0.25) is 0 Å². The van der Waals surface area contributed by atoms with Crippen LogP contribution in [0.25, 0.3) is 0 Å². The van der Waals surface area contributed by atoms with Gasteiger partial charge in [-0.15, -0.1) is 0 Å². The van der Waals surface area contributed by atoms with Crippen molar-refractivity contribution in [3.05, 3.63) is 29.8 Å². The van der Waals surface area contributed by atoms with E-state index in [1.165, 1.54) is 0 Å². The molecule has 1 aromatic rings. The number of hydrogen-bond acceptors (Lipinski definition) is 4. The van der Waals surface area contributed by atoms with Crippen molar-refractivity contribution in [2.75, 3.05) is 13.1 Å². The Morgan fingerprint density at radius 1 is 1.29 bits per heavy atom. The Labute approximate surface area is 123 Å². The van der Waals surface area contributed by atoms with Crippen molar-refractivity contribution in [1.29, 1.82) is 5.26 Å². The minimum absolute atomic E-state index is 0.0353. The van der Waals surface area contributed by atoms with Crippen molar-refractivity contribution < 1.29 is 14.6 Å². The van der Waals surface area contributed by atoms with Crippen LogP contribution in [-0.4, -0.2) is 40.7 Å². The Bertz CT molecular complexity index is 564. The smallest absolute Gasteiger partial charge is 0.254 e. The number of amides is 1. The molecule has 1 amide bonds. The summed E-state index contributed by atoms with van der Waals surface area (Å²) in [5, 5.41) is 19.0. The first-order valence-corrected chi connectivity index (χ1v) is 7.29. The Morgan fingerprint density at radius 3 is 2.48 bits per heavy atom. The molecule has 1 saturated heterocycles. The van der Waals surface area contributed by atoms with Crippen LogP contribution >= 0.6 is 0 Å². The van der Waals surface area contributed by atoms with Crippen LogP contribution in [0.3, 0.4) is 0 Å². The number of carbonyl (C=O) groups excluding carboxylic acids is 1. The molecule has 21 heavy (non-hydrogen) atoms. The molecule has 2 aliphatic rings. The van der Waals surface area contributed by atoms with Gasteiger partial charge in [0.05, 0.1) is 24.7 Å². The SMILES string of the molecule is N#Cc1ccc(OC2CN(C(=O)C3(O)CCCC3)C2)cc1. The fraction of sp³-hybridized carbons (Fsp3) is 0.500. The second-order valence-electron chi connectivity index (χ2n) is 5.82. The topological polar surface area (TPSA) is 73.6 Å². The molecule has 1 aliphatic carbocycles. The molecule has 1 heterocycles. The fourth-order valence-electron chi connectivity index (χ4n) is 2.95. The molecule has 1 aromatic carbocycles. The maximum atomic E-state index is 12.2. The lowest BCUT2D eigenvalue weighted by molar-refractivity contribution is -0.159. The van der Waals surface area contributed by atoms with Gasteiger partial charge in [0, 0.05) is 0 Å². The lowest BCUT2D eigenvalue weighted by atomic mass is 9.98. The van der Waals surface area contributed by atoms with E-state index in [9.17, 15) is 9.90 Å². The lowest BCUT2D eigenvalue weighted by Gasteiger charge is -2.42. The first-order valence-electron chi connectivity index (χ1n) is 7.29. The number of carbonyl (C=O) groups is 1. The van der Waals surface area contributed by atoms with Crippen molar-refractivity contribution in [1.82, 2.24) is 4.90 Å². The number of nitrogens with zero attached hydrogens (tertiary/aromatic N) is 2. The van der Waals surface area contributed by atoms with Gasteiger partial charge in [0.2, 0.25) is 0 Å². The zero-order chi connectivity index (χ0) is 14.9. The largest absolute Gasteiger partial charge is 0.487 e. The Balaban J connectivity index is 1.51. The normalized spacial score (nSPS) is 20.7. The maximum Gasteiger partial charge on any atom is 0.254 e. The second kappa shape index (κ2) is 5.38. The van der Waals surface area contributed by atoms with Gasteiger partial charge in [0.15, 0.2) is 0 Å². The summed E-state index contributed by atoms with van der Waals surface area (Å²) >= 11 is 0. The van der Waals surface area contributed by atoms with Gasteiger partial charge in [-0.3, -0.25) is 4.79 Å². The number of benzene rings is 1. The van der Waals surface area contributed by atoms with Crippen LogP contribution in [-0.2, 0) is 4.79 Å². The molecule has 5 heteroatoms. The van der Waals surface area contributed by atoms with Gasteiger partial charge in [0.1, 0.15) is 17.5 Å². The average Bonchev–Trinajstić information content (AvgIpc) is 2.90. The number of aliphatic hydroxyl groups is 1. The predicted molar refractivity (Wildman–Crippen MR) is 75.6 cm³/mol. The van der Waals surface area contributed by atoms with Crippen molar-refractivity contribution in [3.8, 4) is 11.8 Å². The highest BCUT2D eigenvalue weighted by molar-refractivity contribution is 5.86. The summed E-state index contributed by atoms with van der Waals surface area (Å²) in [4.78, 5) is 13.9. The standard InChI is InChI=1S/C16H18N2O3/c17-9-12-3-5-13(6-4-12)21-14-10-18(11-14)15(19)16(20)7-1-2-8-16/h3-6,14,20H,1-2,7-8,10-11H2. The summed E-state index contributed by atoms with van der Waals surface area (Å²) in [6.45, 7) is 1.03. The molecular formula is C16H18N2O3. The van der Waals surface area contributed by atoms with E-state index in [-0.39, 0.29) is 12.0 Å². The van der Waals surface area contributed by atoms with Gasteiger partial charge < -0.3 is 14.7 Å². The first kappa shape index (κ1) is 13.9. The minimum Gasteiger partial charge on any atom is -0.487 e. The molecule has 3 rings (SSSR count). The summed E-state index contributed by atoms with van der Waals surface area (Å²) in [5.74, 6) is 0.547. The molecule has 1 N–H and O–H groups in total. The zero-order valence-corrected chi connectivity index (χ0v) is 11.8. The molecule has 2 fully saturated rings. The van der Waals surface area contributed by atoms with Gasteiger partial charge in [-0.25, -0.2) is 0 Å². The van der Waals surface area contributed by atoms with E-state index in [4.69, 9.17) is 10.00 Å². The highest BCUT2D eigenvalue weighted by Crippen LogP contribution is 2.33. The quantitative estimate of drug-likeness (QED) is 0.912. The van der Waals surface area contributed by atoms with Crippen molar-refractivity contribution in [2.24, 2.45) is 0 Å². The maximum absolute atomic E-state index is 12.2. The molecule has 0 aromatic heterocycles. The minimum atomic E-state index is -1.14. The third-order valence-electron chi connectivity index (χ3n) is 4.25. The van der Waals surface area contributed by atoms with E-state index in [0.29, 0.717) is 37.2 Å². The van der Waals surface area contributed by atoms with E-state index in [2.05, 4.69) is 6.07 Å². The third-order valence-corrected chi connectivity index (χ3v) is 4.25. The van der Waals surface area contributed by atoms with Gasteiger partial charge in [-0.2, -0.15) is 5.26 Å². The van der Waals surface area contributed by atoms with E-state index in [1.807, 2.05) is 0 Å². The Kier molecular flexibility index (Phi) is 3.56. The van der Waals surface area contributed by atoms with Crippen molar-refractivity contribution in [2.45, 2.75) is 37.4 Å². The van der Waals surface area contributed by atoms with Crippen LogP contribution in [0.1, 0.15) is 31.2 Å². The van der Waals surface area contributed by atoms with Crippen LogP contribution < -0.4 is 4.74 Å². The van der Waals surface area contributed by atoms with E-state index < -0.39 is 5.60 Å². The molecule has 0 spiro atoms. The lowest BCUT2D eigenvalue weighted by Crippen LogP contribution is -2.61. The Hall–Kier alpha value is -2.06. The molecule has 0 atom stereocenters. The molecule has 1 aliphatic heterocycles. The highest BCUT2D eigenvalue weighted by atomic mass is 16.5. The molecule has 5 nitrogen and oxygen atoms in total. The number of rotatable bonds is 3. The van der Waals surface area contributed by atoms with E-state index in [0.717, 1.165) is 12.8 Å². The monoisotopic (exact) mass is 286 g/mol. The third kappa shape index (κ3) is 2.72. The van der Waals surface area contributed by atoms with E-state index in [1.54, 1.807) is 29.2 Å². The average molecular weight is 286 g/mol. The van der Waals surface area contributed by atoms with Crippen LogP contribution in [0.4, 0.5) is 0 Å². The first-order chi connectivity index (χ1) is 10.1. The Morgan fingerprint density at radius 2 is 1.90 bits per heavy atom. The number of likely N-dealkylation sites (tertiary alicyclic amines) is 1. The summed E-state index contributed by atoms with van der Waals surface area (Å²) in [7, 11) is 0. The van der Waals surface area contributed by atoms with Gasteiger partial charge in [0.25, 0.3) is 5.91 Å². The second-order valence-corrected chi connectivity index (χ2v) is 5.82. The number of hydrogen-bond donors (Lipinski definition) is 1. The van der Waals surface area contributed by atoms with Crippen molar-refractivity contribution >= 4 is 5.91 Å². The number of nitriles is 1. The summed E-state index contributed by atoms with van der Waals surface area (Å²) in [5.41, 5.74) is -0.546. The summed E-state index contributed by atoms with van der Waals surface area (Å²) in [6.07, 6.45) is 2.95. The van der Waals surface area contributed by atoms with Crippen LogP contribution in [0.15, 0.2) is 24.3 Å². The van der Waals surface area contributed by atoms with Crippen LogP contribution in [0.5, 0.6) is 5.75 Å². The van der Waals surface area contributed by atoms with Gasteiger partial charge in [-0.1, -0.05) is 0 Å². The predicted octanol–water partition coefficient (Wildman–Crippen LogP) is 1.45. The fourth-order valence-corrected chi connectivity index (χ4v) is 2.95. The van der Waals surface area contributed by atoms with Crippen molar-refractivity contribution in [3.63, 3.8) is 0 Å². The molecule has 0 radical (unpaired) electrons. The molecular weight excluding hydrogens is 268 g/mol. The van der Waals surface area contributed by atoms with E-state index >= 15 is 0 Å². The zero-order valence-electron chi connectivity index (χ0n) is 11.8. The molecule has 110 valence electrons. The van der Waals surface area contributed by atoms with Gasteiger partial charge in [-0.05, 0) is 49.9 Å². The summed E-state index contributed by atoms with van der Waals surface area (Å²) in [6, 6.07) is 8.98. The molecule has 0 bridgehead atoms. The van der Waals surface area contributed by atoms with Gasteiger partial charge >= 0.3 is 0 Å². The molecule has 1 saturated carbocycles.